The SMILES string of the molecule is CCCCC1(c2ccc(CC(N)(c3cccc(NCC(=O)O)n3)S(=O)(=O)c3ccccn3)cc2)CC1.Cl. The third kappa shape index (κ3) is 6.11. The number of sulfone groups is 1. The highest BCUT2D eigenvalue weighted by atomic mass is 35.5. The predicted octanol–water partition coefficient (Wildman–Crippen LogP) is 4.44. The molecule has 0 spiro atoms. The molecule has 1 aliphatic rings. The Kier molecular flexibility index (Phi) is 8.94. The summed E-state index contributed by atoms with van der Waals surface area (Å²) in [6.45, 7) is 1.84. The molecule has 0 amide bonds. The van der Waals surface area contributed by atoms with Crippen molar-refractivity contribution in [3.63, 3.8) is 0 Å². The van der Waals surface area contributed by atoms with E-state index in [1.54, 1.807) is 30.3 Å². The lowest BCUT2D eigenvalue weighted by Crippen LogP contribution is -2.47. The number of halogens is 1. The predicted molar refractivity (Wildman–Crippen MR) is 145 cm³/mol. The van der Waals surface area contributed by atoms with Crippen LogP contribution in [0, 0.1) is 0 Å². The Morgan fingerprint density at radius 3 is 2.43 bits per heavy atom. The number of nitrogens with two attached hydrogens (primary N) is 1. The summed E-state index contributed by atoms with van der Waals surface area (Å²) in [4.78, 5) is 17.5. The van der Waals surface area contributed by atoms with Crippen LogP contribution < -0.4 is 11.1 Å². The summed E-state index contributed by atoms with van der Waals surface area (Å²) in [6, 6.07) is 17.4. The number of benzene rings is 1. The lowest BCUT2D eigenvalue weighted by atomic mass is 9.89. The molecule has 1 saturated carbocycles. The highest BCUT2D eigenvalue weighted by Gasteiger charge is 2.46. The topological polar surface area (TPSA) is 135 Å². The number of rotatable bonds is 12. The quantitative estimate of drug-likeness (QED) is 0.304. The number of hydrogen-bond donors (Lipinski definition) is 3. The molecule has 1 aliphatic carbocycles. The van der Waals surface area contributed by atoms with Gasteiger partial charge in [-0.3, -0.25) is 4.79 Å². The molecule has 2 heterocycles. The number of unbranched alkanes of at least 4 members (excludes halogenated alkanes) is 1. The van der Waals surface area contributed by atoms with Gasteiger partial charge in [0.15, 0.2) is 9.90 Å². The Balaban J connectivity index is 0.00000380. The fourth-order valence-corrected chi connectivity index (χ4v) is 6.16. The summed E-state index contributed by atoms with van der Waals surface area (Å²) in [6.07, 6.45) is 7.26. The molecule has 10 heteroatoms. The number of aliphatic carboxylic acids is 1. The van der Waals surface area contributed by atoms with E-state index < -0.39 is 20.7 Å². The average Bonchev–Trinajstić information content (AvgIpc) is 3.68. The number of carboxylic acids is 1. The molecule has 4 rings (SSSR count). The van der Waals surface area contributed by atoms with Gasteiger partial charge in [0.2, 0.25) is 9.84 Å². The Morgan fingerprint density at radius 2 is 1.84 bits per heavy atom. The van der Waals surface area contributed by atoms with Crippen LogP contribution in [0.15, 0.2) is 71.9 Å². The van der Waals surface area contributed by atoms with Gasteiger partial charge in [0, 0.05) is 12.6 Å². The standard InChI is InChI=1S/C27H32N4O4S.ClH/c1-2-3-14-26(15-16-26)21-12-10-20(11-13-21)18-27(28,36(34,35)24-9-4-5-17-29-24)22-7-6-8-23(31-22)30-19-25(32)33;/h4-13,17H,2-3,14-16,18-19,28H2,1H3,(H,30,31)(H,32,33);1H. The van der Waals surface area contributed by atoms with Gasteiger partial charge in [0.05, 0.1) is 5.69 Å². The molecule has 2 aromatic heterocycles. The highest BCUT2D eigenvalue weighted by Crippen LogP contribution is 2.52. The summed E-state index contributed by atoms with van der Waals surface area (Å²) in [5, 5.41) is 11.5. The highest BCUT2D eigenvalue weighted by molar-refractivity contribution is 7.92. The molecule has 0 radical (unpaired) electrons. The maximum atomic E-state index is 13.8. The molecule has 0 aliphatic heterocycles. The second-order valence-corrected chi connectivity index (χ2v) is 11.6. The van der Waals surface area contributed by atoms with Crippen LogP contribution in [0.2, 0.25) is 0 Å². The number of hydrogen-bond acceptors (Lipinski definition) is 7. The van der Waals surface area contributed by atoms with Gasteiger partial charge in [0.25, 0.3) is 0 Å². The van der Waals surface area contributed by atoms with Gasteiger partial charge < -0.3 is 16.2 Å². The van der Waals surface area contributed by atoms with Gasteiger partial charge in [-0.1, -0.05) is 56.2 Å². The van der Waals surface area contributed by atoms with Crippen LogP contribution in [0.4, 0.5) is 5.82 Å². The van der Waals surface area contributed by atoms with Gasteiger partial charge in [-0.15, -0.1) is 12.4 Å². The lowest BCUT2D eigenvalue weighted by molar-refractivity contribution is -0.134. The van der Waals surface area contributed by atoms with Crippen molar-refractivity contribution >= 4 is 34.0 Å². The number of carbonyl (C=O) groups is 1. The molecule has 1 fully saturated rings. The number of anilines is 1. The maximum Gasteiger partial charge on any atom is 0.322 e. The van der Waals surface area contributed by atoms with Crippen LogP contribution >= 0.6 is 12.4 Å². The minimum absolute atomic E-state index is 0. The zero-order valence-electron chi connectivity index (χ0n) is 20.8. The van der Waals surface area contributed by atoms with E-state index >= 15 is 0 Å². The van der Waals surface area contributed by atoms with E-state index in [1.165, 1.54) is 37.1 Å². The summed E-state index contributed by atoms with van der Waals surface area (Å²) in [7, 11) is -4.18. The number of nitrogens with one attached hydrogen (secondary N) is 1. The smallest absolute Gasteiger partial charge is 0.322 e. The van der Waals surface area contributed by atoms with E-state index in [4.69, 9.17) is 10.8 Å². The van der Waals surface area contributed by atoms with Crippen LogP contribution in [0.5, 0.6) is 0 Å². The molecule has 4 N–H and O–H groups in total. The van der Waals surface area contributed by atoms with Crippen molar-refractivity contribution in [2.75, 3.05) is 11.9 Å². The van der Waals surface area contributed by atoms with Gasteiger partial charge in [0.1, 0.15) is 12.4 Å². The largest absolute Gasteiger partial charge is 0.480 e. The van der Waals surface area contributed by atoms with Crippen LogP contribution in [-0.4, -0.2) is 36.0 Å². The zero-order valence-corrected chi connectivity index (χ0v) is 22.4. The van der Waals surface area contributed by atoms with Gasteiger partial charge in [-0.25, -0.2) is 18.4 Å². The van der Waals surface area contributed by atoms with E-state index in [0.29, 0.717) is 0 Å². The van der Waals surface area contributed by atoms with E-state index in [9.17, 15) is 13.2 Å². The van der Waals surface area contributed by atoms with Crippen molar-refractivity contribution in [1.82, 2.24) is 9.97 Å². The van der Waals surface area contributed by atoms with Gasteiger partial charge >= 0.3 is 5.97 Å². The van der Waals surface area contributed by atoms with Crippen molar-refractivity contribution in [3.8, 4) is 0 Å². The summed E-state index contributed by atoms with van der Waals surface area (Å²) >= 11 is 0. The van der Waals surface area contributed by atoms with Crippen molar-refractivity contribution in [2.45, 2.75) is 60.8 Å². The van der Waals surface area contributed by atoms with Gasteiger partial charge in [-0.2, -0.15) is 0 Å². The Labute approximate surface area is 224 Å². The second kappa shape index (κ2) is 11.6. The molecule has 1 atom stereocenters. The monoisotopic (exact) mass is 544 g/mol. The fourth-order valence-electron chi connectivity index (χ4n) is 4.58. The number of nitrogens with zero attached hydrogens (tertiary/aromatic N) is 2. The van der Waals surface area contributed by atoms with Crippen LogP contribution in [0.25, 0.3) is 0 Å². The molecule has 1 unspecified atom stereocenters. The minimum Gasteiger partial charge on any atom is -0.480 e. The van der Waals surface area contributed by atoms with E-state index in [-0.39, 0.29) is 47.3 Å². The van der Waals surface area contributed by atoms with E-state index in [2.05, 4.69) is 34.3 Å². The second-order valence-electron chi connectivity index (χ2n) is 9.47. The number of pyridine rings is 2. The third-order valence-electron chi connectivity index (χ3n) is 6.89. The zero-order chi connectivity index (χ0) is 25.8. The normalized spacial score (nSPS) is 15.7. The Bertz CT molecular complexity index is 1320. The van der Waals surface area contributed by atoms with Crippen LogP contribution in [0.3, 0.4) is 0 Å². The summed E-state index contributed by atoms with van der Waals surface area (Å²) < 4.78 is 27.7. The number of carboxylic acid groups (broad SMARTS) is 1. The molecule has 8 nitrogen and oxygen atoms in total. The third-order valence-corrected chi connectivity index (χ3v) is 9.00. The maximum absolute atomic E-state index is 13.8. The van der Waals surface area contributed by atoms with Crippen molar-refractivity contribution in [1.29, 1.82) is 0 Å². The first kappa shape index (κ1) is 28.6. The minimum atomic E-state index is -4.18. The first-order valence-electron chi connectivity index (χ1n) is 12.2. The molecule has 198 valence electrons. The van der Waals surface area contributed by atoms with E-state index in [0.717, 1.165) is 18.4 Å². The summed E-state index contributed by atoms with van der Waals surface area (Å²) in [5.41, 5.74) is 9.16. The molecule has 0 saturated heterocycles. The van der Waals surface area contributed by atoms with Gasteiger partial charge in [-0.05, 0) is 60.1 Å². The molecular weight excluding hydrogens is 512 g/mol. The van der Waals surface area contributed by atoms with E-state index in [1.807, 2.05) is 12.1 Å². The molecule has 1 aromatic carbocycles. The lowest BCUT2D eigenvalue weighted by Gasteiger charge is -2.29. The molecule has 3 aromatic rings. The number of aromatic nitrogens is 2. The molecular formula is C27H33ClN4O4S. The fraction of sp³-hybridized carbons (Fsp3) is 0.370. The summed E-state index contributed by atoms with van der Waals surface area (Å²) in [5.74, 6) is -0.835. The first-order valence-corrected chi connectivity index (χ1v) is 13.7. The van der Waals surface area contributed by atoms with Crippen molar-refractivity contribution in [3.05, 3.63) is 83.7 Å². The van der Waals surface area contributed by atoms with Crippen molar-refractivity contribution in [2.24, 2.45) is 5.73 Å². The first-order chi connectivity index (χ1) is 17.2. The van der Waals surface area contributed by atoms with Crippen LogP contribution in [0.1, 0.15) is 55.8 Å². The molecule has 37 heavy (non-hydrogen) atoms. The van der Waals surface area contributed by atoms with Crippen molar-refractivity contribution < 1.29 is 18.3 Å². The Hall–Kier alpha value is -3.01. The molecule has 0 bridgehead atoms. The Morgan fingerprint density at radius 1 is 1.11 bits per heavy atom. The van der Waals surface area contributed by atoms with Crippen LogP contribution in [-0.2, 0) is 31.3 Å². The average molecular weight is 545 g/mol.